The second-order valence-electron chi connectivity index (χ2n) is 12.7. The number of benzene rings is 3. The van der Waals surface area contributed by atoms with Crippen LogP contribution < -0.4 is 5.32 Å². The topological polar surface area (TPSA) is 89.9 Å². The van der Waals surface area contributed by atoms with Crippen LogP contribution >= 0.6 is 0 Å². The van der Waals surface area contributed by atoms with Gasteiger partial charge in [0, 0.05) is 43.0 Å². The minimum Gasteiger partial charge on any atom is -0.507 e. The number of amides is 1. The Morgan fingerprint density at radius 2 is 1.73 bits per heavy atom. The van der Waals surface area contributed by atoms with Crippen molar-refractivity contribution in [3.8, 4) is 16.9 Å². The van der Waals surface area contributed by atoms with E-state index in [2.05, 4.69) is 46.6 Å². The van der Waals surface area contributed by atoms with Crippen LogP contribution in [0.4, 0.5) is 0 Å². The van der Waals surface area contributed by atoms with Gasteiger partial charge in [0.25, 0.3) is 5.91 Å². The van der Waals surface area contributed by atoms with Gasteiger partial charge in [-0.15, -0.1) is 0 Å². The Morgan fingerprint density at radius 3 is 2.49 bits per heavy atom. The SMILES string of the molecule is O=C1CC[C@@]2(O)C3Cc4ccc(C(=O)NCCc5ccc(-c6ccccc6)cc5)c(O)c4C2(CCN3CC2CC2)C1. The lowest BCUT2D eigenvalue weighted by atomic mass is 9.49. The Labute approximate surface area is 241 Å². The number of aromatic hydroxyl groups is 1. The highest BCUT2D eigenvalue weighted by atomic mass is 16.3. The average Bonchev–Trinajstić information content (AvgIpc) is 3.80. The van der Waals surface area contributed by atoms with Crippen molar-refractivity contribution in [1.82, 2.24) is 10.2 Å². The van der Waals surface area contributed by atoms with Crippen molar-refractivity contribution < 1.29 is 19.8 Å². The number of phenols is 1. The number of nitrogens with zero attached hydrogens (tertiary/aromatic N) is 1. The third kappa shape index (κ3) is 4.48. The quantitative estimate of drug-likeness (QED) is 0.394. The van der Waals surface area contributed by atoms with E-state index in [1.807, 2.05) is 24.3 Å². The molecule has 0 radical (unpaired) electrons. The molecule has 7 rings (SSSR count). The summed E-state index contributed by atoms with van der Waals surface area (Å²) in [5.74, 6) is 0.444. The van der Waals surface area contributed by atoms with Gasteiger partial charge in [-0.25, -0.2) is 0 Å². The number of Topliss-reactive ketones (excluding diaryl/α,β-unsaturated/α-hetero) is 1. The van der Waals surface area contributed by atoms with Gasteiger partial charge in [0.05, 0.1) is 11.2 Å². The highest BCUT2D eigenvalue weighted by molar-refractivity contribution is 5.98. The van der Waals surface area contributed by atoms with E-state index in [4.69, 9.17) is 0 Å². The Bertz CT molecular complexity index is 1480. The summed E-state index contributed by atoms with van der Waals surface area (Å²) in [7, 11) is 0. The highest BCUT2D eigenvalue weighted by Crippen LogP contribution is 2.60. The van der Waals surface area contributed by atoms with E-state index in [0.29, 0.717) is 50.1 Å². The summed E-state index contributed by atoms with van der Waals surface area (Å²) < 4.78 is 0. The average molecular weight is 551 g/mol. The zero-order chi connectivity index (χ0) is 28.2. The Morgan fingerprint density at radius 1 is 0.976 bits per heavy atom. The molecule has 4 aliphatic rings. The Balaban J connectivity index is 1.11. The van der Waals surface area contributed by atoms with Crippen molar-refractivity contribution in [2.24, 2.45) is 5.92 Å². The molecule has 3 N–H and O–H groups in total. The molecule has 2 unspecified atom stereocenters. The van der Waals surface area contributed by atoms with E-state index < -0.39 is 11.0 Å². The number of likely N-dealkylation sites (tertiary alicyclic amines) is 1. The van der Waals surface area contributed by atoms with Gasteiger partial charge in [0.1, 0.15) is 11.5 Å². The smallest absolute Gasteiger partial charge is 0.255 e. The molecule has 41 heavy (non-hydrogen) atoms. The van der Waals surface area contributed by atoms with E-state index in [-0.39, 0.29) is 35.5 Å². The van der Waals surface area contributed by atoms with Gasteiger partial charge in [0.2, 0.25) is 0 Å². The summed E-state index contributed by atoms with van der Waals surface area (Å²) in [6, 6.07) is 22.2. The fourth-order valence-electron chi connectivity index (χ4n) is 7.95. The van der Waals surface area contributed by atoms with E-state index in [0.717, 1.165) is 29.8 Å². The Kier molecular flexibility index (Phi) is 6.51. The molecule has 1 amide bonds. The lowest BCUT2D eigenvalue weighted by molar-refractivity contribution is -0.173. The van der Waals surface area contributed by atoms with Crippen molar-refractivity contribution in [3.63, 3.8) is 0 Å². The van der Waals surface area contributed by atoms with Gasteiger partial charge < -0.3 is 15.5 Å². The third-order valence-corrected chi connectivity index (χ3v) is 10.3. The van der Waals surface area contributed by atoms with Gasteiger partial charge in [-0.1, -0.05) is 60.7 Å². The number of carbonyl (C=O) groups is 2. The molecule has 1 saturated heterocycles. The molecule has 212 valence electrons. The first-order valence-corrected chi connectivity index (χ1v) is 15.1. The van der Waals surface area contributed by atoms with Crippen molar-refractivity contribution >= 4 is 11.7 Å². The fourth-order valence-corrected chi connectivity index (χ4v) is 7.95. The van der Waals surface area contributed by atoms with Gasteiger partial charge in [-0.3, -0.25) is 14.5 Å². The molecule has 0 spiro atoms. The molecule has 0 aromatic heterocycles. The van der Waals surface area contributed by atoms with Crippen LogP contribution in [-0.4, -0.2) is 58.1 Å². The standard InChI is InChI=1S/C35H38N2O4/c38-28-14-16-35(41)30-20-27-12-13-29(32(39)31(27)34(35,21-28)17-19-37(30)22-24-6-7-24)33(40)36-18-15-23-8-10-26(11-9-23)25-4-2-1-3-5-25/h1-5,8-13,24,30,39,41H,6-7,14-22H2,(H,36,40)/t30?,34?,35-/m1/s1. The third-order valence-electron chi connectivity index (χ3n) is 10.3. The monoisotopic (exact) mass is 550 g/mol. The number of aliphatic hydroxyl groups is 1. The second kappa shape index (κ2) is 10.1. The van der Waals surface area contributed by atoms with Gasteiger partial charge in [-0.2, -0.15) is 0 Å². The minimum atomic E-state index is -1.08. The Hall–Kier alpha value is -3.48. The predicted octanol–water partition coefficient (Wildman–Crippen LogP) is 4.79. The molecule has 6 nitrogen and oxygen atoms in total. The van der Waals surface area contributed by atoms with Crippen LogP contribution in [0.5, 0.6) is 5.75 Å². The molecule has 3 aromatic rings. The summed E-state index contributed by atoms with van der Waals surface area (Å²) in [6.07, 6.45) is 5.42. The molecule has 1 aliphatic heterocycles. The molecule has 3 aliphatic carbocycles. The number of hydrogen-bond acceptors (Lipinski definition) is 5. The summed E-state index contributed by atoms with van der Waals surface area (Å²) in [6.45, 7) is 2.23. The number of fused-ring (bicyclic) bond motifs is 1. The summed E-state index contributed by atoms with van der Waals surface area (Å²) >= 11 is 0. The van der Waals surface area contributed by atoms with Crippen LogP contribution in [0.2, 0.25) is 0 Å². The maximum atomic E-state index is 13.3. The molecule has 2 bridgehead atoms. The van der Waals surface area contributed by atoms with Crippen LogP contribution in [0.3, 0.4) is 0 Å². The zero-order valence-electron chi connectivity index (χ0n) is 23.4. The van der Waals surface area contributed by atoms with Crippen LogP contribution in [0, 0.1) is 5.92 Å². The second-order valence-corrected chi connectivity index (χ2v) is 12.7. The lowest BCUT2D eigenvalue weighted by Gasteiger charge is -2.63. The first-order valence-electron chi connectivity index (χ1n) is 15.1. The van der Waals surface area contributed by atoms with Crippen LogP contribution in [-0.2, 0) is 23.1 Å². The summed E-state index contributed by atoms with van der Waals surface area (Å²) in [5, 5.41) is 27.0. The summed E-state index contributed by atoms with van der Waals surface area (Å²) in [4.78, 5) is 28.6. The molecule has 3 atom stereocenters. The molecular weight excluding hydrogens is 512 g/mol. The fraction of sp³-hybridized carbons (Fsp3) is 0.429. The number of hydrogen-bond donors (Lipinski definition) is 3. The predicted molar refractivity (Wildman–Crippen MR) is 158 cm³/mol. The maximum absolute atomic E-state index is 13.3. The largest absolute Gasteiger partial charge is 0.507 e. The summed E-state index contributed by atoms with van der Waals surface area (Å²) in [5.41, 5.74) is 3.33. The number of ketones is 1. The van der Waals surface area contributed by atoms with E-state index in [9.17, 15) is 19.8 Å². The molecule has 6 heteroatoms. The van der Waals surface area contributed by atoms with Gasteiger partial charge >= 0.3 is 0 Å². The number of nitrogens with one attached hydrogen (secondary N) is 1. The van der Waals surface area contributed by atoms with Crippen LogP contribution in [0.25, 0.3) is 11.1 Å². The van der Waals surface area contributed by atoms with Crippen molar-refractivity contribution in [2.45, 2.75) is 68.4 Å². The van der Waals surface area contributed by atoms with Gasteiger partial charge in [0.15, 0.2) is 0 Å². The van der Waals surface area contributed by atoms with Crippen molar-refractivity contribution in [3.05, 3.63) is 89.0 Å². The molecular formula is C35H38N2O4. The minimum absolute atomic E-state index is 0.0607. The first-order chi connectivity index (χ1) is 19.9. The van der Waals surface area contributed by atoms with Crippen molar-refractivity contribution in [2.75, 3.05) is 19.6 Å². The molecule has 2 saturated carbocycles. The highest BCUT2D eigenvalue weighted by Gasteiger charge is 2.65. The normalized spacial score (nSPS) is 27.1. The van der Waals surface area contributed by atoms with E-state index >= 15 is 0 Å². The molecule has 3 aromatic carbocycles. The number of piperidine rings is 1. The van der Waals surface area contributed by atoms with E-state index in [1.54, 1.807) is 6.07 Å². The van der Waals surface area contributed by atoms with E-state index in [1.165, 1.54) is 18.4 Å². The maximum Gasteiger partial charge on any atom is 0.255 e. The number of phenolic OH excluding ortho intramolecular Hbond substituents is 1. The molecule has 3 fully saturated rings. The van der Waals surface area contributed by atoms with Crippen molar-refractivity contribution in [1.29, 1.82) is 0 Å². The van der Waals surface area contributed by atoms with Gasteiger partial charge in [-0.05, 0) is 79.3 Å². The zero-order valence-corrected chi connectivity index (χ0v) is 23.4. The van der Waals surface area contributed by atoms with Crippen LogP contribution in [0.15, 0.2) is 66.7 Å². The van der Waals surface area contributed by atoms with Crippen LogP contribution in [0.1, 0.15) is 65.6 Å². The first kappa shape index (κ1) is 26.4. The number of rotatable bonds is 7. The number of carbonyl (C=O) groups excluding carboxylic acids is 2. The molecule has 1 heterocycles. The lowest BCUT2D eigenvalue weighted by Crippen LogP contribution is -2.73.